The highest BCUT2D eigenvalue weighted by molar-refractivity contribution is 5.94. The summed E-state index contributed by atoms with van der Waals surface area (Å²) in [7, 11) is 0. The van der Waals surface area contributed by atoms with Gasteiger partial charge in [-0.05, 0) is 30.5 Å². The Bertz CT molecular complexity index is 875. The Morgan fingerprint density at radius 2 is 1.47 bits per heavy atom. The lowest BCUT2D eigenvalue weighted by atomic mass is 10.1. The highest BCUT2D eigenvalue weighted by Gasteiger charge is 2.33. The third-order valence-electron chi connectivity index (χ3n) is 5.94. The first-order chi connectivity index (χ1) is 14.6. The van der Waals surface area contributed by atoms with E-state index in [9.17, 15) is 14.0 Å². The molecule has 0 spiro atoms. The molecule has 30 heavy (non-hydrogen) atoms. The maximum absolute atomic E-state index is 14.0. The van der Waals surface area contributed by atoms with Gasteiger partial charge in [-0.25, -0.2) is 4.39 Å². The Labute approximate surface area is 176 Å². The van der Waals surface area contributed by atoms with Gasteiger partial charge in [-0.3, -0.25) is 9.59 Å². The van der Waals surface area contributed by atoms with Crippen LogP contribution in [0.4, 0.5) is 4.39 Å². The van der Waals surface area contributed by atoms with Crippen molar-refractivity contribution in [2.24, 2.45) is 0 Å². The van der Waals surface area contributed by atoms with E-state index in [0.717, 1.165) is 31.2 Å². The van der Waals surface area contributed by atoms with Gasteiger partial charge in [-0.2, -0.15) is 0 Å². The highest BCUT2D eigenvalue weighted by atomic mass is 19.1. The Hall–Kier alpha value is -2.73. The summed E-state index contributed by atoms with van der Waals surface area (Å²) >= 11 is 0. The van der Waals surface area contributed by atoms with Gasteiger partial charge in [0.2, 0.25) is 0 Å². The van der Waals surface area contributed by atoms with Gasteiger partial charge in [0.25, 0.3) is 11.8 Å². The molecule has 0 aromatic heterocycles. The van der Waals surface area contributed by atoms with E-state index in [1.165, 1.54) is 12.1 Å². The van der Waals surface area contributed by atoms with Gasteiger partial charge < -0.3 is 14.5 Å². The van der Waals surface area contributed by atoms with Gasteiger partial charge in [0.15, 0.2) is 6.10 Å². The van der Waals surface area contributed by atoms with E-state index in [1.807, 2.05) is 30.3 Å². The average molecular weight is 410 g/mol. The Morgan fingerprint density at radius 3 is 2.13 bits per heavy atom. The number of benzene rings is 2. The van der Waals surface area contributed by atoms with Gasteiger partial charge in [0.1, 0.15) is 5.82 Å². The minimum Gasteiger partial charge on any atom is -0.360 e. The van der Waals surface area contributed by atoms with Crippen molar-refractivity contribution in [3.8, 4) is 0 Å². The van der Waals surface area contributed by atoms with Crippen LogP contribution in [0, 0.1) is 5.82 Å². The van der Waals surface area contributed by atoms with Gasteiger partial charge >= 0.3 is 0 Å². The standard InChI is InChI=1S/C24H27FN2O3/c25-21-13-7-6-12-20(21)23(28)26-14-16-27(17-15-26)24(29)22(18-8-2-1-3-9-18)30-19-10-4-5-11-19/h1-3,6-9,12-13,19,22H,4-5,10-11,14-17H2. The predicted molar refractivity (Wildman–Crippen MR) is 111 cm³/mol. The van der Waals surface area contributed by atoms with Crippen molar-refractivity contribution >= 4 is 11.8 Å². The van der Waals surface area contributed by atoms with Crippen molar-refractivity contribution in [2.75, 3.05) is 26.2 Å². The molecule has 1 unspecified atom stereocenters. The van der Waals surface area contributed by atoms with E-state index in [1.54, 1.807) is 21.9 Å². The van der Waals surface area contributed by atoms with Gasteiger partial charge in [0, 0.05) is 26.2 Å². The van der Waals surface area contributed by atoms with Crippen LogP contribution in [-0.4, -0.2) is 53.9 Å². The van der Waals surface area contributed by atoms with Crippen LogP contribution in [0.1, 0.15) is 47.7 Å². The zero-order valence-corrected chi connectivity index (χ0v) is 17.0. The van der Waals surface area contributed by atoms with Crippen LogP contribution < -0.4 is 0 Å². The van der Waals surface area contributed by atoms with Crippen molar-refractivity contribution in [1.29, 1.82) is 0 Å². The van der Waals surface area contributed by atoms with Crippen LogP contribution in [0.5, 0.6) is 0 Å². The van der Waals surface area contributed by atoms with Gasteiger partial charge in [0.05, 0.1) is 11.7 Å². The maximum Gasteiger partial charge on any atom is 0.256 e. The third-order valence-corrected chi connectivity index (χ3v) is 5.94. The minimum atomic E-state index is -0.622. The average Bonchev–Trinajstić information content (AvgIpc) is 3.31. The van der Waals surface area contributed by atoms with E-state index in [0.29, 0.717) is 26.2 Å². The van der Waals surface area contributed by atoms with E-state index in [4.69, 9.17) is 4.74 Å². The third kappa shape index (κ3) is 4.54. The van der Waals surface area contributed by atoms with E-state index < -0.39 is 11.9 Å². The van der Waals surface area contributed by atoms with Crippen molar-refractivity contribution in [1.82, 2.24) is 9.80 Å². The molecule has 0 N–H and O–H groups in total. The van der Waals surface area contributed by atoms with Crippen LogP contribution >= 0.6 is 0 Å². The summed E-state index contributed by atoms with van der Waals surface area (Å²) in [6.45, 7) is 1.58. The number of hydrogen-bond donors (Lipinski definition) is 0. The number of rotatable bonds is 5. The lowest BCUT2D eigenvalue weighted by Gasteiger charge is -2.37. The summed E-state index contributed by atoms with van der Waals surface area (Å²) in [5.74, 6) is -0.914. The molecule has 2 aromatic carbocycles. The molecule has 1 saturated carbocycles. The Balaban J connectivity index is 1.42. The number of ether oxygens (including phenoxy) is 1. The molecule has 1 atom stereocenters. The number of halogens is 1. The molecule has 1 aliphatic heterocycles. The van der Waals surface area contributed by atoms with Crippen LogP contribution in [0.25, 0.3) is 0 Å². The summed E-state index contributed by atoms with van der Waals surface area (Å²) in [6, 6.07) is 15.6. The fourth-order valence-electron chi connectivity index (χ4n) is 4.22. The Kier molecular flexibility index (Phi) is 6.43. The monoisotopic (exact) mass is 410 g/mol. The topological polar surface area (TPSA) is 49.9 Å². The molecule has 2 aliphatic rings. The summed E-state index contributed by atoms with van der Waals surface area (Å²) in [6.07, 6.45) is 3.74. The molecule has 0 radical (unpaired) electrons. The molecule has 1 aliphatic carbocycles. The molecule has 2 fully saturated rings. The van der Waals surface area contributed by atoms with Crippen LogP contribution in [-0.2, 0) is 9.53 Å². The molecule has 5 nitrogen and oxygen atoms in total. The first kappa shape index (κ1) is 20.5. The molecule has 1 heterocycles. The van der Waals surface area contributed by atoms with Crippen molar-refractivity contribution in [2.45, 2.75) is 37.9 Å². The lowest BCUT2D eigenvalue weighted by Crippen LogP contribution is -2.52. The summed E-state index contributed by atoms with van der Waals surface area (Å²) in [5.41, 5.74) is 0.934. The number of nitrogens with zero attached hydrogens (tertiary/aromatic N) is 2. The van der Waals surface area contributed by atoms with Crippen molar-refractivity contribution < 1.29 is 18.7 Å². The van der Waals surface area contributed by atoms with Crippen LogP contribution in [0.3, 0.4) is 0 Å². The fraction of sp³-hybridized carbons (Fsp3) is 0.417. The molecule has 158 valence electrons. The summed E-state index contributed by atoms with van der Waals surface area (Å²) in [5, 5.41) is 0. The molecular formula is C24H27FN2O3. The van der Waals surface area contributed by atoms with E-state index in [-0.39, 0.29) is 23.5 Å². The smallest absolute Gasteiger partial charge is 0.256 e. The van der Waals surface area contributed by atoms with Crippen molar-refractivity contribution in [3.63, 3.8) is 0 Å². The van der Waals surface area contributed by atoms with Crippen LogP contribution in [0.15, 0.2) is 54.6 Å². The van der Waals surface area contributed by atoms with Crippen molar-refractivity contribution in [3.05, 3.63) is 71.5 Å². The second-order valence-electron chi connectivity index (χ2n) is 7.93. The molecule has 4 rings (SSSR count). The SMILES string of the molecule is O=C(c1ccccc1F)N1CCN(C(=O)C(OC2CCCC2)c2ccccc2)CC1. The van der Waals surface area contributed by atoms with Gasteiger partial charge in [-0.1, -0.05) is 55.3 Å². The zero-order valence-electron chi connectivity index (χ0n) is 17.0. The Morgan fingerprint density at radius 1 is 0.867 bits per heavy atom. The molecule has 0 bridgehead atoms. The second kappa shape index (κ2) is 9.39. The van der Waals surface area contributed by atoms with E-state index >= 15 is 0 Å². The van der Waals surface area contributed by atoms with E-state index in [2.05, 4.69) is 0 Å². The normalized spacial score (nSPS) is 18.4. The summed E-state index contributed by atoms with van der Waals surface area (Å²) < 4.78 is 20.2. The molecule has 1 saturated heterocycles. The number of piperazine rings is 1. The zero-order chi connectivity index (χ0) is 20.9. The molecule has 6 heteroatoms. The highest BCUT2D eigenvalue weighted by Crippen LogP contribution is 2.29. The first-order valence-corrected chi connectivity index (χ1v) is 10.7. The minimum absolute atomic E-state index is 0.0638. The largest absolute Gasteiger partial charge is 0.360 e. The summed E-state index contributed by atoms with van der Waals surface area (Å²) in [4.78, 5) is 29.3. The quantitative estimate of drug-likeness (QED) is 0.753. The van der Waals surface area contributed by atoms with Crippen LogP contribution in [0.2, 0.25) is 0 Å². The fourth-order valence-corrected chi connectivity index (χ4v) is 4.22. The first-order valence-electron chi connectivity index (χ1n) is 10.7. The van der Waals surface area contributed by atoms with Gasteiger partial charge in [-0.15, -0.1) is 0 Å². The number of carbonyl (C=O) groups excluding carboxylic acids is 2. The number of carbonyl (C=O) groups is 2. The predicted octanol–water partition coefficient (Wildman–Crippen LogP) is 3.81. The second-order valence-corrected chi connectivity index (χ2v) is 7.93. The molecule has 2 aromatic rings. The number of hydrogen-bond acceptors (Lipinski definition) is 3. The maximum atomic E-state index is 14.0. The molecule has 2 amide bonds. The lowest BCUT2D eigenvalue weighted by molar-refractivity contribution is -0.149. The molecular weight excluding hydrogens is 383 g/mol. The number of amides is 2.